The van der Waals surface area contributed by atoms with Gasteiger partial charge >= 0.3 is 0 Å². The maximum absolute atomic E-state index is 2.30. The standard InChI is InChI=1S/2C16H18.H2O/c2*1-11-10-16(14(4)13(3)12(11)2)15-8-6-5-7-9-15;/h2*5-10H,1-4H3;1H2. The molecule has 0 saturated heterocycles. The van der Waals surface area contributed by atoms with Gasteiger partial charge in [0, 0.05) is 0 Å². The molecule has 1 nitrogen and oxygen atoms in total. The zero-order valence-corrected chi connectivity index (χ0v) is 21.4. The first-order valence-corrected chi connectivity index (χ1v) is 11.5. The van der Waals surface area contributed by atoms with Crippen molar-refractivity contribution in [3.8, 4) is 22.3 Å². The molecule has 4 rings (SSSR count). The van der Waals surface area contributed by atoms with Crippen LogP contribution in [0.2, 0.25) is 0 Å². The van der Waals surface area contributed by atoms with E-state index < -0.39 is 0 Å². The van der Waals surface area contributed by atoms with Gasteiger partial charge in [0.05, 0.1) is 0 Å². The van der Waals surface area contributed by atoms with E-state index in [1.165, 1.54) is 66.8 Å². The molecule has 0 atom stereocenters. The van der Waals surface area contributed by atoms with Crippen LogP contribution in [-0.2, 0) is 0 Å². The summed E-state index contributed by atoms with van der Waals surface area (Å²) in [5.41, 5.74) is 16.6. The Kier molecular flexibility index (Phi) is 8.79. The fourth-order valence-corrected chi connectivity index (χ4v) is 4.26. The summed E-state index contributed by atoms with van der Waals surface area (Å²) in [5.74, 6) is 0. The van der Waals surface area contributed by atoms with Gasteiger partial charge in [-0.15, -0.1) is 0 Å². The molecule has 0 heterocycles. The lowest BCUT2D eigenvalue weighted by Gasteiger charge is -2.14. The fraction of sp³-hybridized carbons (Fsp3) is 0.250. The van der Waals surface area contributed by atoms with Crippen LogP contribution in [0.1, 0.15) is 44.5 Å². The molecule has 33 heavy (non-hydrogen) atoms. The second kappa shape index (κ2) is 11.1. The molecule has 0 aliphatic rings. The molecule has 0 aliphatic heterocycles. The van der Waals surface area contributed by atoms with Crippen LogP contribution in [0.15, 0.2) is 72.8 Å². The summed E-state index contributed by atoms with van der Waals surface area (Å²) in [5, 5.41) is 0. The second-order valence-corrected chi connectivity index (χ2v) is 8.96. The van der Waals surface area contributed by atoms with E-state index in [4.69, 9.17) is 0 Å². The molecule has 2 N–H and O–H groups in total. The molecule has 172 valence electrons. The normalized spacial score (nSPS) is 10.2. The number of hydrogen-bond acceptors (Lipinski definition) is 0. The minimum Gasteiger partial charge on any atom is -0.412 e. The van der Waals surface area contributed by atoms with Crippen molar-refractivity contribution in [2.75, 3.05) is 0 Å². The fourth-order valence-electron chi connectivity index (χ4n) is 4.26. The van der Waals surface area contributed by atoms with Crippen LogP contribution in [0.5, 0.6) is 0 Å². The Morgan fingerprint density at radius 2 is 0.667 bits per heavy atom. The summed E-state index contributed by atoms with van der Waals surface area (Å²) >= 11 is 0. The smallest absolute Gasteiger partial charge is 0.0149 e. The van der Waals surface area contributed by atoms with Crippen molar-refractivity contribution in [3.05, 3.63) is 117 Å². The molecule has 0 aromatic heterocycles. The Balaban J connectivity index is 0.000000227. The van der Waals surface area contributed by atoms with E-state index in [2.05, 4.69) is 128 Å². The minimum absolute atomic E-state index is 0. The summed E-state index contributed by atoms with van der Waals surface area (Å²) in [6.07, 6.45) is 0. The number of benzene rings is 4. The van der Waals surface area contributed by atoms with Gasteiger partial charge in [-0.1, -0.05) is 72.8 Å². The molecule has 0 aliphatic carbocycles. The van der Waals surface area contributed by atoms with Crippen molar-refractivity contribution >= 4 is 0 Å². The van der Waals surface area contributed by atoms with Gasteiger partial charge in [-0.3, -0.25) is 0 Å². The van der Waals surface area contributed by atoms with Gasteiger partial charge in [-0.25, -0.2) is 0 Å². The van der Waals surface area contributed by atoms with E-state index in [1.54, 1.807) is 0 Å². The Hall–Kier alpha value is -3.16. The minimum atomic E-state index is 0. The first kappa shape index (κ1) is 26.1. The average Bonchev–Trinajstić information content (AvgIpc) is 2.82. The maximum atomic E-state index is 2.30. The van der Waals surface area contributed by atoms with Gasteiger partial charge in [0.25, 0.3) is 0 Å². The Morgan fingerprint density at radius 1 is 0.364 bits per heavy atom. The van der Waals surface area contributed by atoms with Crippen molar-refractivity contribution in [3.63, 3.8) is 0 Å². The molecular formula is C32H38O. The lowest BCUT2D eigenvalue weighted by Crippen LogP contribution is -1.94. The van der Waals surface area contributed by atoms with Gasteiger partial charge in [-0.2, -0.15) is 0 Å². The SMILES string of the molecule is Cc1cc(-c2ccccc2)c(C)c(C)c1C.Cc1cc(-c2ccccc2)c(C)c(C)c1C.O. The van der Waals surface area contributed by atoms with E-state index in [-0.39, 0.29) is 5.48 Å². The van der Waals surface area contributed by atoms with Crippen molar-refractivity contribution in [1.82, 2.24) is 0 Å². The average molecular weight is 439 g/mol. The number of rotatable bonds is 2. The highest BCUT2D eigenvalue weighted by atomic mass is 16.0. The zero-order chi connectivity index (χ0) is 23.4. The van der Waals surface area contributed by atoms with Crippen LogP contribution in [0.3, 0.4) is 0 Å². The molecule has 4 aromatic rings. The van der Waals surface area contributed by atoms with Crippen molar-refractivity contribution in [2.45, 2.75) is 55.4 Å². The van der Waals surface area contributed by atoms with E-state index >= 15 is 0 Å². The molecule has 0 radical (unpaired) electrons. The van der Waals surface area contributed by atoms with E-state index in [1.807, 2.05) is 0 Å². The molecule has 0 unspecified atom stereocenters. The van der Waals surface area contributed by atoms with Crippen LogP contribution in [-0.4, -0.2) is 5.48 Å². The number of aryl methyl sites for hydroxylation is 2. The monoisotopic (exact) mass is 438 g/mol. The lowest BCUT2D eigenvalue weighted by atomic mass is 9.91. The Labute approximate surface area is 200 Å². The third-order valence-corrected chi connectivity index (χ3v) is 7.13. The third kappa shape index (κ3) is 5.61. The Bertz CT molecular complexity index is 1120. The predicted molar refractivity (Wildman–Crippen MR) is 145 cm³/mol. The van der Waals surface area contributed by atoms with Crippen molar-refractivity contribution in [2.24, 2.45) is 0 Å². The zero-order valence-electron chi connectivity index (χ0n) is 21.4. The molecule has 0 fully saturated rings. The molecule has 0 spiro atoms. The summed E-state index contributed by atoms with van der Waals surface area (Å²) in [6.45, 7) is 17.6. The predicted octanol–water partition coefficient (Wildman–Crippen LogP) is 8.35. The second-order valence-electron chi connectivity index (χ2n) is 8.96. The molecule has 4 aromatic carbocycles. The van der Waals surface area contributed by atoms with Gasteiger partial charge in [-0.05, 0) is 122 Å². The van der Waals surface area contributed by atoms with Crippen LogP contribution in [0.25, 0.3) is 22.3 Å². The summed E-state index contributed by atoms with van der Waals surface area (Å²) < 4.78 is 0. The van der Waals surface area contributed by atoms with E-state index in [0.29, 0.717) is 0 Å². The van der Waals surface area contributed by atoms with Gasteiger partial charge < -0.3 is 5.48 Å². The molecule has 1 heteroatoms. The van der Waals surface area contributed by atoms with Crippen LogP contribution in [0.4, 0.5) is 0 Å². The first-order valence-electron chi connectivity index (χ1n) is 11.5. The Morgan fingerprint density at radius 3 is 0.970 bits per heavy atom. The highest BCUT2D eigenvalue weighted by Crippen LogP contribution is 2.30. The van der Waals surface area contributed by atoms with Gasteiger partial charge in [0.1, 0.15) is 0 Å². The van der Waals surface area contributed by atoms with Crippen molar-refractivity contribution in [1.29, 1.82) is 0 Å². The third-order valence-electron chi connectivity index (χ3n) is 7.13. The number of hydrogen-bond donors (Lipinski definition) is 0. The van der Waals surface area contributed by atoms with Crippen molar-refractivity contribution < 1.29 is 5.48 Å². The van der Waals surface area contributed by atoms with E-state index in [9.17, 15) is 0 Å². The largest absolute Gasteiger partial charge is 0.412 e. The highest BCUT2D eigenvalue weighted by Gasteiger charge is 2.09. The summed E-state index contributed by atoms with van der Waals surface area (Å²) in [6, 6.07) is 25.8. The molecular weight excluding hydrogens is 400 g/mol. The van der Waals surface area contributed by atoms with E-state index in [0.717, 1.165) is 0 Å². The molecule has 0 bridgehead atoms. The van der Waals surface area contributed by atoms with Crippen LogP contribution >= 0.6 is 0 Å². The quantitative estimate of drug-likeness (QED) is 0.301. The molecule has 0 saturated carbocycles. The molecule has 0 amide bonds. The summed E-state index contributed by atoms with van der Waals surface area (Å²) in [7, 11) is 0. The summed E-state index contributed by atoms with van der Waals surface area (Å²) in [4.78, 5) is 0. The maximum Gasteiger partial charge on any atom is -0.0149 e. The van der Waals surface area contributed by atoms with Crippen LogP contribution in [0, 0.1) is 55.4 Å². The highest BCUT2D eigenvalue weighted by molar-refractivity contribution is 5.71. The lowest BCUT2D eigenvalue weighted by molar-refractivity contribution is 0.824. The van der Waals surface area contributed by atoms with Gasteiger partial charge in [0.15, 0.2) is 0 Å². The van der Waals surface area contributed by atoms with Gasteiger partial charge in [0.2, 0.25) is 0 Å². The van der Waals surface area contributed by atoms with Crippen LogP contribution < -0.4 is 0 Å². The first-order chi connectivity index (χ1) is 15.2. The topological polar surface area (TPSA) is 31.5 Å².